The Morgan fingerprint density at radius 2 is 2.07 bits per heavy atom. The Labute approximate surface area is 154 Å². The lowest BCUT2D eigenvalue weighted by Gasteiger charge is -2.10. The van der Waals surface area contributed by atoms with Crippen LogP contribution >= 0.6 is 0 Å². The van der Waals surface area contributed by atoms with Crippen molar-refractivity contribution >= 4 is 11.7 Å². The molecule has 7 nitrogen and oxygen atoms in total. The highest BCUT2D eigenvalue weighted by Crippen LogP contribution is 2.25. The lowest BCUT2D eigenvalue weighted by molar-refractivity contribution is 0.0947. The summed E-state index contributed by atoms with van der Waals surface area (Å²) in [6.45, 7) is 0.245. The van der Waals surface area contributed by atoms with Crippen molar-refractivity contribution in [3.05, 3.63) is 65.0 Å². The molecule has 2 aromatic carbocycles. The highest BCUT2D eigenvalue weighted by molar-refractivity contribution is 5.96. The van der Waals surface area contributed by atoms with Crippen molar-refractivity contribution in [1.82, 2.24) is 15.5 Å². The van der Waals surface area contributed by atoms with Crippen molar-refractivity contribution in [3.8, 4) is 23.1 Å². The Morgan fingerprint density at radius 1 is 1.33 bits per heavy atom. The fourth-order valence-corrected chi connectivity index (χ4v) is 2.60. The zero-order chi connectivity index (χ0) is 19.4. The predicted molar refractivity (Wildman–Crippen MR) is 97.3 cm³/mol. The van der Waals surface area contributed by atoms with Crippen LogP contribution in [0.3, 0.4) is 0 Å². The molecule has 0 aliphatic carbocycles. The van der Waals surface area contributed by atoms with Crippen LogP contribution in [0.25, 0.3) is 11.3 Å². The van der Waals surface area contributed by atoms with Crippen molar-refractivity contribution in [2.45, 2.75) is 6.54 Å². The second kappa shape index (κ2) is 7.58. The van der Waals surface area contributed by atoms with Gasteiger partial charge < -0.3 is 15.8 Å². The first-order valence-electron chi connectivity index (χ1n) is 7.98. The van der Waals surface area contributed by atoms with E-state index in [1.54, 1.807) is 24.3 Å². The molecule has 0 fully saturated rings. The van der Waals surface area contributed by atoms with Crippen LogP contribution in [0.4, 0.5) is 10.2 Å². The maximum atomic E-state index is 13.4. The van der Waals surface area contributed by atoms with E-state index >= 15 is 0 Å². The Bertz CT molecular complexity index is 1020. The number of nitrogens with two attached hydrogens (primary N) is 1. The molecule has 0 radical (unpaired) electrons. The molecule has 0 saturated carbocycles. The number of anilines is 1. The number of hydrogen-bond acceptors (Lipinski definition) is 5. The number of nitrogen functional groups attached to an aromatic ring is 1. The number of ether oxygens (including phenoxy) is 1. The minimum Gasteiger partial charge on any atom is -0.496 e. The van der Waals surface area contributed by atoms with E-state index in [0.717, 1.165) is 17.2 Å². The zero-order valence-electron chi connectivity index (χ0n) is 14.4. The maximum absolute atomic E-state index is 13.4. The van der Waals surface area contributed by atoms with E-state index in [-0.39, 0.29) is 23.5 Å². The average Bonchev–Trinajstić information content (AvgIpc) is 3.07. The van der Waals surface area contributed by atoms with Gasteiger partial charge in [-0.3, -0.25) is 9.89 Å². The number of aromatic nitrogens is 2. The van der Waals surface area contributed by atoms with Crippen molar-refractivity contribution in [2.24, 2.45) is 0 Å². The lowest BCUT2D eigenvalue weighted by Crippen LogP contribution is -2.23. The number of methoxy groups -OCH3 is 1. The van der Waals surface area contributed by atoms with Crippen LogP contribution in [0.1, 0.15) is 21.5 Å². The van der Waals surface area contributed by atoms with Crippen molar-refractivity contribution in [3.63, 3.8) is 0 Å². The molecule has 1 amide bonds. The number of halogens is 1. The van der Waals surface area contributed by atoms with Gasteiger partial charge in [0.1, 0.15) is 23.2 Å². The van der Waals surface area contributed by atoms with Gasteiger partial charge in [0.25, 0.3) is 5.91 Å². The molecule has 0 aliphatic rings. The van der Waals surface area contributed by atoms with Crippen molar-refractivity contribution < 1.29 is 13.9 Å². The summed E-state index contributed by atoms with van der Waals surface area (Å²) in [6.07, 6.45) is 0. The van der Waals surface area contributed by atoms with E-state index in [4.69, 9.17) is 15.7 Å². The van der Waals surface area contributed by atoms with Gasteiger partial charge >= 0.3 is 0 Å². The summed E-state index contributed by atoms with van der Waals surface area (Å²) in [7, 11) is 1.42. The van der Waals surface area contributed by atoms with Gasteiger partial charge in [-0.15, -0.1) is 0 Å². The summed E-state index contributed by atoms with van der Waals surface area (Å²) >= 11 is 0. The number of benzene rings is 2. The third-order valence-electron chi connectivity index (χ3n) is 4.01. The molecule has 0 unspecified atom stereocenters. The van der Waals surface area contributed by atoms with Crippen molar-refractivity contribution in [1.29, 1.82) is 5.26 Å². The third-order valence-corrected chi connectivity index (χ3v) is 4.01. The highest BCUT2D eigenvalue weighted by Gasteiger charge is 2.14. The minimum absolute atomic E-state index is 0.126. The van der Waals surface area contributed by atoms with Crippen LogP contribution < -0.4 is 15.8 Å². The minimum atomic E-state index is -0.516. The number of amides is 1. The van der Waals surface area contributed by atoms with Crippen LogP contribution in [-0.4, -0.2) is 23.2 Å². The van der Waals surface area contributed by atoms with Gasteiger partial charge in [0.15, 0.2) is 5.82 Å². The van der Waals surface area contributed by atoms with Crippen LogP contribution in [0, 0.1) is 17.1 Å². The Balaban J connectivity index is 1.72. The SMILES string of the molecule is COc1ccc(F)cc1C(=O)NCc1ccc(-c2[nH]nc(N)c2C#N)cc1. The number of carbonyl (C=O) groups is 1. The number of hydrogen-bond donors (Lipinski definition) is 3. The summed E-state index contributed by atoms with van der Waals surface area (Å²) in [6, 6.07) is 13.0. The monoisotopic (exact) mass is 365 g/mol. The molecule has 0 atom stereocenters. The summed E-state index contributed by atoms with van der Waals surface area (Å²) in [5, 5.41) is 18.4. The van der Waals surface area contributed by atoms with Gasteiger partial charge in [-0.1, -0.05) is 24.3 Å². The first-order valence-corrected chi connectivity index (χ1v) is 7.98. The normalized spacial score (nSPS) is 10.3. The standard InChI is InChI=1S/C19H16FN5O2/c1-27-16-7-6-13(20)8-14(16)19(26)23-10-11-2-4-12(5-3-11)17-15(9-21)18(22)25-24-17/h2-8H,10H2,1H3,(H,23,26)(H3,22,24,25). The molecule has 1 heterocycles. The van der Waals surface area contributed by atoms with Crippen molar-refractivity contribution in [2.75, 3.05) is 12.8 Å². The van der Waals surface area contributed by atoms with Crippen LogP contribution in [0.2, 0.25) is 0 Å². The molecular weight excluding hydrogens is 349 g/mol. The van der Waals surface area contributed by atoms with Crippen LogP contribution in [0.5, 0.6) is 5.75 Å². The number of aromatic amines is 1. The topological polar surface area (TPSA) is 117 Å². The summed E-state index contributed by atoms with van der Waals surface area (Å²) in [4.78, 5) is 12.3. The highest BCUT2D eigenvalue weighted by atomic mass is 19.1. The van der Waals surface area contributed by atoms with Gasteiger partial charge in [0, 0.05) is 12.1 Å². The number of nitrogens with zero attached hydrogens (tertiary/aromatic N) is 2. The molecule has 3 aromatic rings. The zero-order valence-corrected chi connectivity index (χ0v) is 14.4. The average molecular weight is 365 g/mol. The molecule has 0 bridgehead atoms. The van der Waals surface area contributed by atoms with E-state index in [1.807, 2.05) is 6.07 Å². The van der Waals surface area contributed by atoms with Gasteiger partial charge in [0.2, 0.25) is 0 Å². The molecule has 4 N–H and O–H groups in total. The molecule has 0 spiro atoms. The number of carbonyl (C=O) groups excluding carboxylic acids is 1. The third kappa shape index (κ3) is 3.72. The van der Waals surface area contributed by atoms with Gasteiger partial charge in [-0.2, -0.15) is 10.4 Å². The maximum Gasteiger partial charge on any atom is 0.255 e. The number of rotatable bonds is 5. The fraction of sp³-hybridized carbons (Fsp3) is 0.105. The quantitative estimate of drug-likeness (QED) is 0.642. The molecule has 8 heteroatoms. The van der Waals surface area contributed by atoms with Gasteiger partial charge in [0.05, 0.1) is 18.4 Å². The van der Waals surface area contributed by atoms with Crippen LogP contribution in [-0.2, 0) is 6.54 Å². The van der Waals surface area contributed by atoms with E-state index in [2.05, 4.69) is 15.5 Å². The number of nitrogens with one attached hydrogen (secondary N) is 2. The smallest absolute Gasteiger partial charge is 0.255 e. The van der Waals surface area contributed by atoms with Crippen LogP contribution in [0.15, 0.2) is 42.5 Å². The Kier molecular flexibility index (Phi) is 5.04. The number of nitriles is 1. The predicted octanol–water partition coefficient (Wildman–Crippen LogP) is 2.61. The molecule has 136 valence electrons. The molecule has 27 heavy (non-hydrogen) atoms. The summed E-state index contributed by atoms with van der Waals surface area (Å²) in [5.74, 6) is -0.515. The first-order chi connectivity index (χ1) is 13.0. The van der Waals surface area contributed by atoms with Gasteiger partial charge in [-0.25, -0.2) is 4.39 Å². The van der Waals surface area contributed by atoms with E-state index in [1.165, 1.54) is 19.2 Å². The lowest BCUT2D eigenvalue weighted by atomic mass is 10.1. The van der Waals surface area contributed by atoms with E-state index < -0.39 is 11.7 Å². The molecular formula is C19H16FN5O2. The molecule has 3 rings (SSSR count). The first kappa shape index (κ1) is 17.9. The second-order valence-electron chi connectivity index (χ2n) is 5.69. The molecule has 0 saturated heterocycles. The molecule has 1 aromatic heterocycles. The Hall–Kier alpha value is -3.86. The van der Waals surface area contributed by atoms with Gasteiger partial charge in [-0.05, 0) is 23.8 Å². The second-order valence-corrected chi connectivity index (χ2v) is 5.69. The number of H-pyrrole nitrogens is 1. The molecule has 0 aliphatic heterocycles. The summed E-state index contributed by atoms with van der Waals surface area (Å²) < 4.78 is 18.5. The summed E-state index contributed by atoms with van der Waals surface area (Å²) in [5.41, 5.74) is 8.16. The van der Waals surface area contributed by atoms with E-state index in [0.29, 0.717) is 11.4 Å². The largest absolute Gasteiger partial charge is 0.496 e. The Morgan fingerprint density at radius 3 is 2.74 bits per heavy atom. The van der Waals surface area contributed by atoms with E-state index in [9.17, 15) is 9.18 Å². The fourth-order valence-electron chi connectivity index (χ4n) is 2.60.